The average Bonchev–Trinajstić information content (AvgIpc) is 3.55. The first-order chi connectivity index (χ1) is 18.5. The van der Waals surface area contributed by atoms with Crippen LogP contribution in [0, 0.1) is 0 Å². The molecule has 0 saturated heterocycles. The van der Waals surface area contributed by atoms with Crippen LogP contribution in [0.4, 0.5) is 5.69 Å². The summed E-state index contributed by atoms with van der Waals surface area (Å²) in [5.41, 5.74) is 4.25. The number of carbonyl (C=O) groups excluding carboxylic acids is 3. The number of benzene rings is 3. The quantitative estimate of drug-likeness (QED) is 0.317. The highest BCUT2D eigenvalue weighted by molar-refractivity contribution is 6.04. The van der Waals surface area contributed by atoms with Crippen LogP contribution in [0.3, 0.4) is 0 Å². The van der Waals surface area contributed by atoms with Gasteiger partial charge in [-0.2, -0.15) is 0 Å². The van der Waals surface area contributed by atoms with E-state index in [1.807, 2.05) is 78.9 Å². The first kappa shape index (κ1) is 25.3. The number of aryl methyl sites for hydroxylation is 1. The number of H-pyrrole nitrogens is 1. The minimum atomic E-state index is -0.749. The summed E-state index contributed by atoms with van der Waals surface area (Å²) in [5, 5.41) is 3.95. The second-order valence-electron chi connectivity index (χ2n) is 9.63. The van der Waals surface area contributed by atoms with E-state index in [9.17, 15) is 14.4 Å². The Labute approximate surface area is 221 Å². The van der Waals surface area contributed by atoms with E-state index < -0.39 is 6.04 Å². The summed E-state index contributed by atoms with van der Waals surface area (Å²) >= 11 is 0. The van der Waals surface area contributed by atoms with Gasteiger partial charge in [-0.25, -0.2) is 0 Å². The number of para-hydroxylation sites is 2. The maximum atomic E-state index is 14.2. The van der Waals surface area contributed by atoms with Crippen molar-refractivity contribution in [2.75, 3.05) is 12.0 Å². The Morgan fingerprint density at radius 3 is 2.53 bits per heavy atom. The average molecular weight is 510 g/mol. The highest BCUT2D eigenvalue weighted by Gasteiger charge is 2.37. The van der Waals surface area contributed by atoms with Gasteiger partial charge in [-0.15, -0.1) is 0 Å². The molecule has 0 spiro atoms. The number of nitrogens with zero attached hydrogens (tertiary/aromatic N) is 1. The van der Waals surface area contributed by atoms with Crippen LogP contribution in [0.2, 0.25) is 0 Å². The van der Waals surface area contributed by atoms with Crippen molar-refractivity contribution < 1.29 is 19.1 Å². The van der Waals surface area contributed by atoms with E-state index in [0.29, 0.717) is 31.4 Å². The zero-order valence-electron chi connectivity index (χ0n) is 21.4. The van der Waals surface area contributed by atoms with Crippen molar-refractivity contribution in [3.05, 3.63) is 102 Å². The highest BCUT2D eigenvalue weighted by Crippen LogP contribution is 2.35. The number of hydrogen-bond acceptors (Lipinski definition) is 4. The molecule has 2 N–H and O–H groups in total. The zero-order valence-corrected chi connectivity index (χ0v) is 21.4. The third kappa shape index (κ3) is 5.47. The molecule has 0 fully saturated rings. The molecule has 1 aliphatic heterocycles. The lowest BCUT2D eigenvalue weighted by Gasteiger charge is -2.30. The highest BCUT2D eigenvalue weighted by atomic mass is 16.5. The molecule has 0 radical (unpaired) electrons. The number of nitrogens with one attached hydrogen (secondary N) is 2. The fourth-order valence-corrected chi connectivity index (χ4v) is 5.19. The van der Waals surface area contributed by atoms with Crippen molar-refractivity contribution >= 4 is 34.4 Å². The lowest BCUT2D eigenvalue weighted by Crippen LogP contribution is -2.51. The van der Waals surface area contributed by atoms with Crippen molar-refractivity contribution in [2.24, 2.45) is 0 Å². The summed E-state index contributed by atoms with van der Waals surface area (Å²) in [6, 6.07) is 26.3. The Hall–Kier alpha value is -4.39. The van der Waals surface area contributed by atoms with Gasteiger partial charge in [-0.05, 0) is 55.0 Å². The molecule has 3 aromatic carbocycles. The Bertz CT molecular complexity index is 1410. The van der Waals surface area contributed by atoms with E-state index >= 15 is 0 Å². The summed E-state index contributed by atoms with van der Waals surface area (Å²) < 4.78 is 4.84. The number of aromatic nitrogens is 1. The van der Waals surface area contributed by atoms with E-state index in [1.54, 1.807) is 11.0 Å². The third-order valence-corrected chi connectivity index (χ3v) is 7.16. The zero-order chi connectivity index (χ0) is 26.5. The molecule has 0 saturated carbocycles. The van der Waals surface area contributed by atoms with Crippen molar-refractivity contribution in [3.63, 3.8) is 0 Å². The fraction of sp³-hybridized carbons (Fsp3) is 0.258. The standard InChI is InChI=1S/C31H31N3O4/c1-38-29(35)18-16-24-19-23-12-6-8-14-28(23)34(24)31(37)26(17-15-21-9-3-2-4-10-21)33-30(36)27-20-22-11-5-7-13-25(22)32-27/h2-14,20,24,26,32H,15-19H2,1H3,(H,33,36)/t24-,26+/m1/s1. The molecule has 7 heteroatoms. The Morgan fingerprint density at radius 1 is 1.00 bits per heavy atom. The number of hydrogen-bond donors (Lipinski definition) is 2. The van der Waals surface area contributed by atoms with Gasteiger partial charge in [0.25, 0.3) is 5.91 Å². The summed E-state index contributed by atoms with van der Waals surface area (Å²) in [4.78, 5) is 44.4. The number of ether oxygens (including phenoxy) is 1. The first-order valence-electron chi connectivity index (χ1n) is 12.9. The number of aromatic amines is 1. The van der Waals surface area contributed by atoms with Gasteiger partial charge in [0.1, 0.15) is 11.7 Å². The number of esters is 1. The van der Waals surface area contributed by atoms with E-state index in [2.05, 4.69) is 10.3 Å². The Morgan fingerprint density at radius 2 is 1.74 bits per heavy atom. The van der Waals surface area contributed by atoms with Crippen molar-refractivity contribution in [1.29, 1.82) is 0 Å². The van der Waals surface area contributed by atoms with Crippen LogP contribution in [0.15, 0.2) is 84.9 Å². The number of amides is 2. The van der Waals surface area contributed by atoms with Crippen LogP contribution in [-0.2, 0) is 27.2 Å². The van der Waals surface area contributed by atoms with Gasteiger partial charge in [-0.3, -0.25) is 14.4 Å². The van der Waals surface area contributed by atoms with Gasteiger partial charge in [-0.1, -0.05) is 66.7 Å². The predicted molar refractivity (Wildman–Crippen MR) is 147 cm³/mol. The fourth-order valence-electron chi connectivity index (χ4n) is 5.19. The molecule has 1 aromatic heterocycles. The normalized spacial score (nSPS) is 15.2. The number of rotatable bonds is 9. The smallest absolute Gasteiger partial charge is 0.305 e. The largest absolute Gasteiger partial charge is 0.469 e. The SMILES string of the molecule is COC(=O)CC[C@@H]1Cc2ccccc2N1C(=O)[C@H](CCc1ccccc1)NC(=O)c1cc2ccccc2[nH]1. The van der Waals surface area contributed by atoms with Crippen LogP contribution in [0.1, 0.15) is 40.9 Å². The third-order valence-electron chi connectivity index (χ3n) is 7.16. The summed E-state index contributed by atoms with van der Waals surface area (Å²) in [6.45, 7) is 0. The van der Waals surface area contributed by atoms with Gasteiger partial charge in [0, 0.05) is 29.1 Å². The van der Waals surface area contributed by atoms with E-state index in [0.717, 1.165) is 27.7 Å². The second kappa shape index (κ2) is 11.3. The molecule has 1 aliphatic rings. The topological polar surface area (TPSA) is 91.5 Å². The maximum Gasteiger partial charge on any atom is 0.305 e. The summed E-state index contributed by atoms with van der Waals surface area (Å²) in [6.07, 6.45) is 2.42. The minimum absolute atomic E-state index is 0.176. The van der Waals surface area contributed by atoms with Gasteiger partial charge in [0.05, 0.1) is 7.11 Å². The first-order valence-corrected chi connectivity index (χ1v) is 12.9. The van der Waals surface area contributed by atoms with Crippen LogP contribution >= 0.6 is 0 Å². The molecule has 2 amide bonds. The molecule has 38 heavy (non-hydrogen) atoms. The van der Waals surface area contributed by atoms with Crippen molar-refractivity contribution in [1.82, 2.24) is 10.3 Å². The minimum Gasteiger partial charge on any atom is -0.469 e. The number of anilines is 1. The molecule has 2 heterocycles. The van der Waals surface area contributed by atoms with Gasteiger partial charge in [0.15, 0.2) is 0 Å². The molecule has 0 aliphatic carbocycles. The molecule has 2 atom stereocenters. The molecule has 4 aromatic rings. The lowest BCUT2D eigenvalue weighted by atomic mass is 10.0. The summed E-state index contributed by atoms with van der Waals surface area (Å²) in [7, 11) is 1.37. The number of carbonyl (C=O) groups is 3. The van der Waals surface area contributed by atoms with Gasteiger partial charge in [0.2, 0.25) is 5.91 Å². The lowest BCUT2D eigenvalue weighted by molar-refractivity contribution is -0.141. The van der Waals surface area contributed by atoms with Gasteiger partial charge >= 0.3 is 5.97 Å². The molecule has 0 bridgehead atoms. The van der Waals surface area contributed by atoms with Crippen molar-refractivity contribution in [2.45, 2.75) is 44.2 Å². The maximum absolute atomic E-state index is 14.2. The molecular weight excluding hydrogens is 478 g/mol. The number of fused-ring (bicyclic) bond motifs is 2. The second-order valence-corrected chi connectivity index (χ2v) is 9.63. The monoisotopic (exact) mass is 509 g/mol. The van der Waals surface area contributed by atoms with Crippen molar-refractivity contribution in [3.8, 4) is 0 Å². The van der Waals surface area contributed by atoms with Gasteiger partial charge < -0.3 is 19.9 Å². The molecule has 7 nitrogen and oxygen atoms in total. The van der Waals surface area contributed by atoms with Crippen LogP contribution in [0.5, 0.6) is 0 Å². The molecule has 5 rings (SSSR count). The van der Waals surface area contributed by atoms with E-state index in [-0.39, 0.29) is 30.2 Å². The summed E-state index contributed by atoms with van der Waals surface area (Å²) in [5.74, 6) is -0.808. The predicted octanol–water partition coefficient (Wildman–Crippen LogP) is 4.81. The molecular formula is C31H31N3O4. The Balaban J connectivity index is 1.42. The number of methoxy groups -OCH3 is 1. The van der Waals surface area contributed by atoms with E-state index in [4.69, 9.17) is 4.74 Å². The molecule has 194 valence electrons. The van der Waals surface area contributed by atoms with E-state index in [1.165, 1.54) is 7.11 Å². The van der Waals surface area contributed by atoms with Crippen LogP contribution in [0.25, 0.3) is 10.9 Å². The molecule has 0 unspecified atom stereocenters. The van der Waals surface area contributed by atoms with Crippen LogP contribution < -0.4 is 10.2 Å². The van der Waals surface area contributed by atoms with Crippen LogP contribution in [-0.4, -0.2) is 42.0 Å². The Kier molecular flexibility index (Phi) is 7.54.